The lowest BCUT2D eigenvalue weighted by Gasteiger charge is -2.23. The van der Waals surface area contributed by atoms with Crippen molar-refractivity contribution >= 4 is 5.97 Å². The topological polar surface area (TPSA) is 64.4 Å². The molecule has 0 amide bonds. The zero-order valence-electron chi connectivity index (χ0n) is 11.0. The van der Waals surface area contributed by atoms with Crippen LogP contribution in [0.4, 0.5) is 0 Å². The molecule has 2 rings (SSSR count). The van der Waals surface area contributed by atoms with Gasteiger partial charge >= 0.3 is 5.97 Å². The monoisotopic (exact) mass is 252 g/mol. The summed E-state index contributed by atoms with van der Waals surface area (Å²) in [7, 11) is 1.52. The average molecular weight is 252 g/mol. The van der Waals surface area contributed by atoms with E-state index in [2.05, 4.69) is 5.10 Å². The van der Waals surface area contributed by atoms with Crippen LogP contribution in [-0.2, 0) is 6.42 Å². The molecule has 0 atom stereocenters. The van der Waals surface area contributed by atoms with Crippen LogP contribution in [0.2, 0.25) is 0 Å². The van der Waals surface area contributed by atoms with E-state index in [1.807, 2.05) is 6.92 Å². The number of carboxylic acids is 1. The minimum Gasteiger partial charge on any atom is -0.481 e. The number of hydrogen-bond donors (Lipinski definition) is 1. The summed E-state index contributed by atoms with van der Waals surface area (Å²) in [6, 6.07) is 0.284. The molecule has 1 aliphatic rings. The molecular weight excluding hydrogens is 232 g/mol. The van der Waals surface area contributed by atoms with Gasteiger partial charge in [0.1, 0.15) is 5.56 Å². The van der Waals surface area contributed by atoms with Crippen LogP contribution in [0.15, 0.2) is 0 Å². The average Bonchev–Trinajstić information content (AvgIpc) is 2.78. The van der Waals surface area contributed by atoms with Crippen LogP contribution in [0.5, 0.6) is 5.88 Å². The maximum atomic E-state index is 11.3. The fourth-order valence-corrected chi connectivity index (χ4v) is 2.69. The summed E-state index contributed by atoms with van der Waals surface area (Å²) < 4.78 is 7.09. The van der Waals surface area contributed by atoms with E-state index in [-0.39, 0.29) is 11.6 Å². The van der Waals surface area contributed by atoms with Gasteiger partial charge in [0.05, 0.1) is 18.8 Å². The smallest absolute Gasteiger partial charge is 0.343 e. The summed E-state index contributed by atoms with van der Waals surface area (Å²) in [5, 5.41) is 13.7. The molecule has 1 heterocycles. The lowest BCUT2D eigenvalue weighted by molar-refractivity contribution is 0.0691. The van der Waals surface area contributed by atoms with Crippen LogP contribution in [0, 0.1) is 0 Å². The number of ether oxygens (including phenoxy) is 1. The zero-order chi connectivity index (χ0) is 13.1. The quantitative estimate of drug-likeness (QED) is 0.894. The molecule has 0 aliphatic heterocycles. The number of methoxy groups -OCH3 is 1. The van der Waals surface area contributed by atoms with Crippen LogP contribution in [-0.4, -0.2) is 28.0 Å². The Morgan fingerprint density at radius 2 is 2.11 bits per heavy atom. The molecule has 0 spiro atoms. The number of nitrogens with zero attached hydrogens (tertiary/aromatic N) is 2. The Morgan fingerprint density at radius 3 is 2.61 bits per heavy atom. The van der Waals surface area contributed by atoms with E-state index >= 15 is 0 Å². The molecule has 1 N–H and O–H groups in total. The van der Waals surface area contributed by atoms with Crippen molar-refractivity contribution < 1.29 is 14.6 Å². The highest BCUT2D eigenvalue weighted by Crippen LogP contribution is 2.34. The Balaban J connectivity index is 2.42. The number of aryl methyl sites for hydroxylation is 1. The number of aromatic nitrogens is 2. The molecule has 1 saturated carbocycles. The zero-order valence-corrected chi connectivity index (χ0v) is 11.0. The van der Waals surface area contributed by atoms with Crippen LogP contribution < -0.4 is 4.74 Å². The summed E-state index contributed by atoms with van der Waals surface area (Å²) in [4.78, 5) is 11.3. The Labute approximate surface area is 107 Å². The van der Waals surface area contributed by atoms with Gasteiger partial charge in [0.25, 0.3) is 0 Å². The van der Waals surface area contributed by atoms with E-state index in [4.69, 9.17) is 4.74 Å². The summed E-state index contributed by atoms with van der Waals surface area (Å²) in [5.41, 5.74) is 0.843. The Bertz CT molecular complexity index is 434. The van der Waals surface area contributed by atoms with Gasteiger partial charge < -0.3 is 9.84 Å². The summed E-state index contributed by atoms with van der Waals surface area (Å²) in [5.74, 6) is -0.544. The largest absolute Gasteiger partial charge is 0.481 e. The highest BCUT2D eigenvalue weighted by molar-refractivity contribution is 5.91. The molecule has 0 aromatic carbocycles. The first-order valence-corrected chi connectivity index (χ1v) is 6.57. The van der Waals surface area contributed by atoms with Crippen molar-refractivity contribution in [3.05, 3.63) is 11.3 Å². The Hall–Kier alpha value is -1.52. The molecule has 0 saturated heterocycles. The third-order valence-corrected chi connectivity index (χ3v) is 3.60. The number of carboxylic acid groups (broad SMARTS) is 1. The first kappa shape index (κ1) is 12.9. The van der Waals surface area contributed by atoms with E-state index in [0.717, 1.165) is 12.8 Å². The minimum absolute atomic E-state index is 0.227. The SMILES string of the molecule is CCc1nn(C2CCCCC2)c(OC)c1C(=O)O. The first-order valence-electron chi connectivity index (χ1n) is 6.57. The molecule has 0 bridgehead atoms. The van der Waals surface area contributed by atoms with Gasteiger partial charge in [-0.1, -0.05) is 26.2 Å². The molecule has 100 valence electrons. The molecular formula is C13H20N2O3. The summed E-state index contributed by atoms with van der Waals surface area (Å²) >= 11 is 0. The highest BCUT2D eigenvalue weighted by atomic mass is 16.5. The number of hydrogen-bond acceptors (Lipinski definition) is 3. The standard InChI is InChI=1S/C13H20N2O3/c1-3-10-11(13(16)17)12(18-2)15(14-10)9-7-5-4-6-8-9/h9H,3-8H2,1-2H3,(H,16,17). The minimum atomic E-state index is -0.953. The van der Waals surface area contributed by atoms with Gasteiger partial charge in [-0.2, -0.15) is 5.10 Å². The second-order valence-electron chi connectivity index (χ2n) is 4.73. The number of carbonyl (C=O) groups is 1. The van der Waals surface area contributed by atoms with Gasteiger partial charge in [0.15, 0.2) is 0 Å². The van der Waals surface area contributed by atoms with Gasteiger partial charge in [-0.3, -0.25) is 0 Å². The van der Waals surface area contributed by atoms with Crippen molar-refractivity contribution in [3.8, 4) is 5.88 Å². The second-order valence-corrected chi connectivity index (χ2v) is 4.73. The van der Waals surface area contributed by atoms with Crippen molar-refractivity contribution in [2.45, 2.75) is 51.5 Å². The Morgan fingerprint density at radius 1 is 1.44 bits per heavy atom. The first-order chi connectivity index (χ1) is 8.69. The third kappa shape index (κ3) is 2.21. The van der Waals surface area contributed by atoms with Crippen molar-refractivity contribution in [1.29, 1.82) is 0 Å². The third-order valence-electron chi connectivity index (χ3n) is 3.60. The van der Waals surface area contributed by atoms with E-state index in [0.29, 0.717) is 18.0 Å². The molecule has 1 fully saturated rings. The van der Waals surface area contributed by atoms with Crippen LogP contribution in [0.1, 0.15) is 61.1 Å². The maximum absolute atomic E-state index is 11.3. The molecule has 5 nitrogen and oxygen atoms in total. The van der Waals surface area contributed by atoms with Crippen LogP contribution in [0.25, 0.3) is 0 Å². The molecule has 18 heavy (non-hydrogen) atoms. The van der Waals surface area contributed by atoms with Crippen molar-refractivity contribution in [2.24, 2.45) is 0 Å². The number of aromatic carboxylic acids is 1. The molecule has 1 aromatic heterocycles. The molecule has 5 heteroatoms. The summed E-state index contributed by atoms with van der Waals surface area (Å²) in [6.45, 7) is 1.92. The maximum Gasteiger partial charge on any atom is 0.343 e. The van der Waals surface area contributed by atoms with E-state index < -0.39 is 5.97 Å². The van der Waals surface area contributed by atoms with Gasteiger partial charge in [-0.25, -0.2) is 9.48 Å². The molecule has 1 aromatic rings. The highest BCUT2D eigenvalue weighted by Gasteiger charge is 2.27. The van der Waals surface area contributed by atoms with Crippen molar-refractivity contribution in [3.63, 3.8) is 0 Å². The molecule has 0 unspecified atom stereocenters. The molecule has 0 radical (unpaired) electrons. The fourth-order valence-electron chi connectivity index (χ4n) is 2.69. The number of rotatable bonds is 4. The molecule has 1 aliphatic carbocycles. The van der Waals surface area contributed by atoms with Crippen molar-refractivity contribution in [2.75, 3.05) is 7.11 Å². The van der Waals surface area contributed by atoms with Gasteiger partial charge in [0, 0.05) is 0 Å². The predicted octanol–water partition coefficient (Wildman–Crippen LogP) is 2.66. The van der Waals surface area contributed by atoms with Crippen LogP contribution >= 0.6 is 0 Å². The lowest BCUT2D eigenvalue weighted by atomic mass is 9.96. The van der Waals surface area contributed by atoms with Gasteiger partial charge in [0.2, 0.25) is 5.88 Å². The van der Waals surface area contributed by atoms with E-state index in [9.17, 15) is 9.90 Å². The van der Waals surface area contributed by atoms with E-state index in [1.54, 1.807) is 4.68 Å². The van der Waals surface area contributed by atoms with Crippen LogP contribution in [0.3, 0.4) is 0 Å². The Kier molecular flexibility index (Phi) is 3.89. The van der Waals surface area contributed by atoms with E-state index in [1.165, 1.54) is 26.4 Å². The van der Waals surface area contributed by atoms with Gasteiger partial charge in [-0.05, 0) is 19.3 Å². The predicted molar refractivity (Wildman–Crippen MR) is 67.2 cm³/mol. The fraction of sp³-hybridized carbons (Fsp3) is 0.692. The lowest BCUT2D eigenvalue weighted by Crippen LogP contribution is -2.15. The van der Waals surface area contributed by atoms with Gasteiger partial charge in [-0.15, -0.1) is 0 Å². The van der Waals surface area contributed by atoms with Crippen molar-refractivity contribution in [1.82, 2.24) is 9.78 Å². The normalized spacial score (nSPS) is 16.8. The summed E-state index contributed by atoms with van der Waals surface area (Å²) in [6.07, 6.45) is 6.33. The second kappa shape index (κ2) is 5.42.